The quantitative estimate of drug-likeness (QED) is 0.0264. The lowest BCUT2D eigenvalue weighted by atomic mass is 10.0. The molecule has 0 spiro atoms. The van der Waals surface area contributed by atoms with E-state index in [0.29, 0.717) is 6.42 Å². The number of hydrogen-bond donors (Lipinski definition) is 2. The number of allylic oxidation sites excluding steroid dienone is 16. The van der Waals surface area contributed by atoms with Gasteiger partial charge in [-0.15, -0.1) is 0 Å². The molecule has 0 saturated carbocycles. The van der Waals surface area contributed by atoms with Gasteiger partial charge in [-0.05, 0) is 96.3 Å². The van der Waals surface area contributed by atoms with Gasteiger partial charge in [0.05, 0.1) is 13.2 Å². The zero-order valence-corrected chi connectivity index (χ0v) is 50.6. The van der Waals surface area contributed by atoms with Gasteiger partial charge in [0.15, 0.2) is 6.10 Å². The zero-order valence-electron chi connectivity index (χ0n) is 49.7. The van der Waals surface area contributed by atoms with Crippen LogP contribution in [-0.2, 0) is 32.7 Å². The summed E-state index contributed by atoms with van der Waals surface area (Å²) in [5, 5.41) is 0. The van der Waals surface area contributed by atoms with Gasteiger partial charge in [0.1, 0.15) is 6.61 Å². The third kappa shape index (κ3) is 62.0. The van der Waals surface area contributed by atoms with Crippen molar-refractivity contribution in [2.45, 2.75) is 290 Å². The van der Waals surface area contributed by atoms with E-state index in [-0.39, 0.29) is 38.6 Å². The Kier molecular flexibility index (Phi) is 59.7. The van der Waals surface area contributed by atoms with Crippen LogP contribution >= 0.6 is 7.82 Å². The fourth-order valence-corrected chi connectivity index (χ4v) is 9.55. The van der Waals surface area contributed by atoms with Crippen LogP contribution in [0.4, 0.5) is 0 Å². The molecule has 0 heterocycles. The highest BCUT2D eigenvalue weighted by Crippen LogP contribution is 2.43. The molecular formula is C67H118NO8P. The van der Waals surface area contributed by atoms with E-state index >= 15 is 0 Å². The molecule has 0 aromatic carbocycles. The number of rotatable bonds is 59. The molecule has 3 N–H and O–H groups in total. The second-order valence-corrected chi connectivity index (χ2v) is 22.3. The molecule has 9 nitrogen and oxygen atoms in total. The minimum Gasteiger partial charge on any atom is -0.462 e. The highest BCUT2D eigenvalue weighted by Gasteiger charge is 2.26. The van der Waals surface area contributed by atoms with Crippen molar-refractivity contribution in [1.82, 2.24) is 0 Å². The maximum absolute atomic E-state index is 12.7. The molecule has 0 aliphatic heterocycles. The van der Waals surface area contributed by atoms with Gasteiger partial charge in [-0.2, -0.15) is 0 Å². The number of ether oxygens (including phenoxy) is 2. The van der Waals surface area contributed by atoms with Crippen molar-refractivity contribution in [3.05, 3.63) is 97.2 Å². The Morgan fingerprint density at radius 1 is 0.403 bits per heavy atom. The van der Waals surface area contributed by atoms with Gasteiger partial charge in [0, 0.05) is 19.4 Å². The normalized spacial score (nSPS) is 13.7. The number of phosphoric ester groups is 1. The van der Waals surface area contributed by atoms with E-state index in [1.807, 2.05) is 0 Å². The molecule has 0 aromatic rings. The van der Waals surface area contributed by atoms with E-state index in [1.165, 1.54) is 167 Å². The SMILES string of the molecule is CC/C=C\C/C=C\C/C=C\C/C=C\C/C=C\C/C=C\CCCCCCCCCCCCCCCCC(=O)OC(COC(=O)CCCCCCCCCCCCC/C=C\C/C=C\CCCCCCC)COP(=O)(O)OCCN. The first-order valence-corrected chi connectivity index (χ1v) is 33.2. The predicted octanol–water partition coefficient (Wildman–Crippen LogP) is 20.4. The first-order valence-electron chi connectivity index (χ1n) is 31.7. The molecule has 0 aromatic heterocycles. The van der Waals surface area contributed by atoms with Crippen molar-refractivity contribution in [1.29, 1.82) is 0 Å². The molecule has 0 fully saturated rings. The molecule has 0 amide bonds. The first kappa shape index (κ1) is 73.9. The van der Waals surface area contributed by atoms with Crippen molar-refractivity contribution in [2.24, 2.45) is 5.73 Å². The zero-order chi connectivity index (χ0) is 55.9. The van der Waals surface area contributed by atoms with Crippen molar-refractivity contribution < 1.29 is 37.6 Å². The van der Waals surface area contributed by atoms with E-state index in [1.54, 1.807) is 0 Å². The molecule has 444 valence electrons. The van der Waals surface area contributed by atoms with Crippen LogP contribution in [0.3, 0.4) is 0 Å². The molecule has 0 bridgehead atoms. The summed E-state index contributed by atoms with van der Waals surface area (Å²) in [7, 11) is -4.39. The Balaban J connectivity index is 3.93. The Morgan fingerprint density at radius 3 is 1.06 bits per heavy atom. The lowest BCUT2D eigenvalue weighted by Gasteiger charge is -2.19. The second-order valence-electron chi connectivity index (χ2n) is 20.9. The summed E-state index contributed by atoms with van der Waals surface area (Å²) in [6, 6.07) is 0. The average molecular weight is 1100 g/mol. The van der Waals surface area contributed by atoms with Gasteiger partial charge in [-0.25, -0.2) is 4.57 Å². The minimum absolute atomic E-state index is 0.0502. The Hall–Kier alpha value is -3.07. The molecule has 77 heavy (non-hydrogen) atoms. The lowest BCUT2D eigenvalue weighted by Crippen LogP contribution is -2.29. The monoisotopic (exact) mass is 1100 g/mol. The summed E-state index contributed by atoms with van der Waals surface area (Å²) in [5.74, 6) is -0.826. The second kappa shape index (κ2) is 62.1. The number of nitrogens with two attached hydrogens (primary N) is 1. The van der Waals surface area contributed by atoms with Crippen LogP contribution in [0.5, 0.6) is 0 Å². The van der Waals surface area contributed by atoms with E-state index in [4.69, 9.17) is 24.3 Å². The summed E-state index contributed by atoms with van der Waals surface area (Å²) < 4.78 is 33.1. The van der Waals surface area contributed by atoms with Crippen LogP contribution < -0.4 is 5.73 Å². The third-order valence-electron chi connectivity index (χ3n) is 13.5. The van der Waals surface area contributed by atoms with Crippen LogP contribution in [0.25, 0.3) is 0 Å². The van der Waals surface area contributed by atoms with Gasteiger partial charge in [0.2, 0.25) is 0 Å². The molecule has 0 radical (unpaired) electrons. The molecule has 2 unspecified atom stereocenters. The molecule has 0 saturated heterocycles. The summed E-state index contributed by atoms with van der Waals surface area (Å²) in [5.41, 5.74) is 5.39. The molecule has 2 atom stereocenters. The Bertz CT molecular complexity index is 1580. The van der Waals surface area contributed by atoms with Crippen LogP contribution in [0, 0.1) is 0 Å². The summed E-state index contributed by atoms with van der Waals surface area (Å²) in [6.45, 7) is 3.64. The number of hydrogen-bond acceptors (Lipinski definition) is 8. The van der Waals surface area contributed by atoms with Crippen LogP contribution in [0.1, 0.15) is 284 Å². The van der Waals surface area contributed by atoms with Crippen molar-refractivity contribution in [2.75, 3.05) is 26.4 Å². The van der Waals surface area contributed by atoms with Gasteiger partial charge in [-0.3, -0.25) is 18.6 Å². The topological polar surface area (TPSA) is 134 Å². The van der Waals surface area contributed by atoms with Gasteiger partial charge in [0.25, 0.3) is 0 Å². The smallest absolute Gasteiger partial charge is 0.462 e. The molecule has 0 rings (SSSR count). The standard InChI is InChI=1S/C67H118NO8P/c1-3-5-7-9-11-13-15-17-19-21-23-25-27-28-29-30-31-32-33-34-35-36-38-40-42-44-46-48-50-52-54-56-58-60-67(70)76-65(64-75-77(71,72)74-62-61-68)63-73-66(69)59-57-55-53-51-49-47-45-43-41-39-37-26-24-22-20-18-16-14-12-10-8-6-4-2/h5,7,11,13,16-19,22-25,28-29,31-32,65H,3-4,6,8-10,12,14-15,20-21,26-27,30,33-64,68H2,1-2H3,(H,71,72)/b7-5-,13-11-,18-16-,19-17-,24-22-,25-23-,29-28-,32-31-. The molecule has 0 aliphatic rings. The average Bonchev–Trinajstić information content (AvgIpc) is 3.42. The number of phosphoric acid groups is 1. The largest absolute Gasteiger partial charge is 0.472 e. The predicted molar refractivity (Wildman–Crippen MR) is 330 cm³/mol. The number of unbranched alkanes of at least 4 members (excludes halogenated alkanes) is 30. The van der Waals surface area contributed by atoms with Crippen molar-refractivity contribution in [3.63, 3.8) is 0 Å². The summed E-state index contributed by atoms with van der Waals surface area (Å²) in [4.78, 5) is 35.3. The fourth-order valence-electron chi connectivity index (χ4n) is 8.79. The lowest BCUT2D eigenvalue weighted by molar-refractivity contribution is -0.161. The highest BCUT2D eigenvalue weighted by atomic mass is 31.2. The number of esters is 2. The van der Waals surface area contributed by atoms with Crippen LogP contribution in [-0.4, -0.2) is 49.3 Å². The van der Waals surface area contributed by atoms with Crippen molar-refractivity contribution in [3.8, 4) is 0 Å². The van der Waals surface area contributed by atoms with E-state index in [9.17, 15) is 19.0 Å². The highest BCUT2D eigenvalue weighted by molar-refractivity contribution is 7.47. The van der Waals surface area contributed by atoms with Gasteiger partial charge in [-0.1, -0.05) is 272 Å². The Morgan fingerprint density at radius 2 is 0.714 bits per heavy atom. The maximum atomic E-state index is 12.7. The summed E-state index contributed by atoms with van der Waals surface area (Å²) in [6.07, 6.45) is 83.3. The van der Waals surface area contributed by atoms with Gasteiger partial charge < -0.3 is 20.1 Å². The van der Waals surface area contributed by atoms with E-state index in [0.717, 1.165) is 83.5 Å². The maximum Gasteiger partial charge on any atom is 0.472 e. The van der Waals surface area contributed by atoms with Crippen LogP contribution in [0.2, 0.25) is 0 Å². The van der Waals surface area contributed by atoms with Gasteiger partial charge >= 0.3 is 19.8 Å². The molecular weight excluding hydrogens is 978 g/mol. The molecule has 0 aliphatic carbocycles. The van der Waals surface area contributed by atoms with Crippen molar-refractivity contribution >= 4 is 19.8 Å². The Labute approximate surface area is 474 Å². The fraction of sp³-hybridized carbons (Fsp3) is 0.731. The number of carbonyl (C=O) groups is 2. The molecule has 10 heteroatoms. The number of carbonyl (C=O) groups excluding carboxylic acids is 2. The van der Waals surface area contributed by atoms with Crippen LogP contribution in [0.15, 0.2) is 97.2 Å². The minimum atomic E-state index is -4.39. The van der Waals surface area contributed by atoms with E-state index < -0.39 is 26.5 Å². The first-order chi connectivity index (χ1) is 37.8. The van der Waals surface area contributed by atoms with E-state index in [2.05, 4.69) is 111 Å². The third-order valence-corrected chi connectivity index (χ3v) is 14.4. The summed E-state index contributed by atoms with van der Waals surface area (Å²) >= 11 is 0.